The van der Waals surface area contributed by atoms with Crippen LogP contribution in [-0.4, -0.2) is 12.0 Å². The molecule has 0 aliphatic carbocycles. The maximum absolute atomic E-state index is 13.7. The van der Waals surface area contributed by atoms with Crippen LogP contribution in [0.3, 0.4) is 0 Å². The van der Waals surface area contributed by atoms with Crippen molar-refractivity contribution in [3.63, 3.8) is 0 Å². The van der Waals surface area contributed by atoms with E-state index in [4.69, 9.17) is 0 Å². The number of aromatic nitrogens is 1. The Labute approximate surface area is 98.7 Å². The van der Waals surface area contributed by atoms with E-state index >= 15 is 0 Å². The molecule has 0 aliphatic heterocycles. The van der Waals surface area contributed by atoms with Gasteiger partial charge in [-0.2, -0.15) is 0 Å². The van der Waals surface area contributed by atoms with Crippen LogP contribution in [0.25, 0.3) is 10.9 Å². The molecular formula is C13H14F2N2. The lowest BCUT2D eigenvalue weighted by Gasteiger charge is -2.10. The first-order valence-corrected chi connectivity index (χ1v) is 5.62. The van der Waals surface area contributed by atoms with Gasteiger partial charge in [0.1, 0.15) is 17.2 Å². The smallest absolute Gasteiger partial charge is 0.149 e. The van der Waals surface area contributed by atoms with Gasteiger partial charge in [0.25, 0.3) is 0 Å². The van der Waals surface area contributed by atoms with Crippen molar-refractivity contribution in [2.75, 3.05) is 12.4 Å². The summed E-state index contributed by atoms with van der Waals surface area (Å²) in [5, 5.41) is 3.11. The highest BCUT2D eigenvalue weighted by Crippen LogP contribution is 2.28. The minimum atomic E-state index is -0.490. The summed E-state index contributed by atoms with van der Waals surface area (Å²) in [4.78, 5) is 4.18. The Morgan fingerprint density at radius 3 is 2.59 bits per heavy atom. The molecule has 1 aromatic carbocycles. The largest absolute Gasteiger partial charge is 0.387 e. The summed E-state index contributed by atoms with van der Waals surface area (Å²) in [6.45, 7) is 2.02. The predicted octanol–water partition coefficient (Wildman–Crippen LogP) is 3.51. The molecular weight excluding hydrogens is 222 g/mol. The molecule has 0 saturated carbocycles. The van der Waals surface area contributed by atoms with Crippen LogP contribution < -0.4 is 5.32 Å². The average Bonchev–Trinajstić information content (AvgIpc) is 2.33. The highest BCUT2D eigenvalue weighted by molar-refractivity contribution is 5.92. The van der Waals surface area contributed by atoms with Crippen molar-refractivity contribution in [1.29, 1.82) is 0 Å². The predicted molar refractivity (Wildman–Crippen MR) is 65.2 cm³/mol. The third kappa shape index (κ3) is 2.07. The minimum absolute atomic E-state index is 0.0975. The van der Waals surface area contributed by atoms with E-state index in [2.05, 4.69) is 10.3 Å². The second-order valence-corrected chi connectivity index (χ2v) is 3.91. The number of pyridine rings is 1. The zero-order valence-electron chi connectivity index (χ0n) is 9.85. The summed E-state index contributed by atoms with van der Waals surface area (Å²) < 4.78 is 27.3. The number of aryl methyl sites for hydroxylation is 1. The van der Waals surface area contributed by atoms with E-state index in [0.29, 0.717) is 5.69 Å². The first-order chi connectivity index (χ1) is 8.17. The monoisotopic (exact) mass is 236 g/mol. The first-order valence-electron chi connectivity index (χ1n) is 5.62. The standard InChI is InChI=1S/C13H14F2N2/c1-3-4-8-7-11(16-2)12-9(14)5-6-10(15)13(12)17-8/h5-7H,3-4H2,1-2H3,(H,16,17). The van der Waals surface area contributed by atoms with Gasteiger partial charge in [0, 0.05) is 18.4 Å². The van der Waals surface area contributed by atoms with Gasteiger partial charge >= 0.3 is 0 Å². The van der Waals surface area contributed by atoms with Gasteiger partial charge in [-0.3, -0.25) is 0 Å². The number of hydrogen-bond donors (Lipinski definition) is 1. The van der Waals surface area contributed by atoms with E-state index in [9.17, 15) is 8.78 Å². The molecule has 0 aliphatic rings. The number of hydrogen-bond acceptors (Lipinski definition) is 2. The van der Waals surface area contributed by atoms with Crippen molar-refractivity contribution in [1.82, 2.24) is 4.98 Å². The van der Waals surface area contributed by atoms with E-state index in [-0.39, 0.29) is 10.9 Å². The number of benzene rings is 1. The number of fused-ring (bicyclic) bond motifs is 1. The number of anilines is 1. The van der Waals surface area contributed by atoms with Gasteiger partial charge < -0.3 is 5.32 Å². The highest BCUT2D eigenvalue weighted by atomic mass is 19.1. The molecule has 1 aromatic heterocycles. The van der Waals surface area contributed by atoms with Crippen LogP contribution in [0.15, 0.2) is 18.2 Å². The lowest BCUT2D eigenvalue weighted by Crippen LogP contribution is -1.99. The fourth-order valence-electron chi connectivity index (χ4n) is 1.90. The molecule has 90 valence electrons. The van der Waals surface area contributed by atoms with E-state index < -0.39 is 11.6 Å². The first kappa shape index (κ1) is 11.8. The van der Waals surface area contributed by atoms with Crippen LogP contribution >= 0.6 is 0 Å². The van der Waals surface area contributed by atoms with Crippen molar-refractivity contribution >= 4 is 16.6 Å². The Hall–Kier alpha value is -1.71. The second kappa shape index (κ2) is 4.65. The van der Waals surface area contributed by atoms with Crippen LogP contribution in [-0.2, 0) is 6.42 Å². The Kier molecular flexibility index (Phi) is 3.22. The van der Waals surface area contributed by atoms with Crippen molar-refractivity contribution in [3.05, 3.63) is 35.5 Å². The molecule has 2 nitrogen and oxygen atoms in total. The lowest BCUT2D eigenvalue weighted by molar-refractivity contribution is 0.615. The third-order valence-electron chi connectivity index (χ3n) is 2.69. The average molecular weight is 236 g/mol. The second-order valence-electron chi connectivity index (χ2n) is 3.91. The Morgan fingerprint density at radius 2 is 1.94 bits per heavy atom. The molecule has 2 rings (SSSR count). The summed E-state index contributed by atoms with van der Waals surface area (Å²) in [5.41, 5.74) is 1.45. The maximum Gasteiger partial charge on any atom is 0.149 e. The van der Waals surface area contributed by atoms with Gasteiger partial charge in [0.05, 0.1) is 5.39 Å². The van der Waals surface area contributed by atoms with Gasteiger partial charge in [-0.05, 0) is 24.6 Å². The molecule has 0 amide bonds. The maximum atomic E-state index is 13.7. The number of nitrogens with one attached hydrogen (secondary N) is 1. The number of halogens is 2. The SMILES string of the molecule is CCCc1cc(NC)c2c(F)ccc(F)c2n1. The Balaban J connectivity index is 2.77. The van der Waals surface area contributed by atoms with Crippen LogP contribution in [0.4, 0.5) is 14.5 Å². The number of nitrogens with zero attached hydrogens (tertiary/aromatic N) is 1. The topological polar surface area (TPSA) is 24.9 Å². The summed E-state index contributed by atoms with van der Waals surface area (Å²) in [6, 6.07) is 4.01. The van der Waals surface area contributed by atoms with Crippen molar-refractivity contribution in [2.24, 2.45) is 0 Å². The van der Waals surface area contributed by atoms with Crippen LogP contribution in [0, 0.1) is 11.6 Å². The van der Waals surface area contributed by atoms with E-state index in [1.165, 1.54) is 0 Å². The van der Waals surface area contributed by atoms with Gasteiger partial charge in [-0.1, -0.05) is 13.3 Å². The Bertz CT molecular complexity index is 553. The summed E-state index contributed by atoms with van der Waals surface area (Å²) in [5.74, 6) is -0.947. The molecule has 1 heterocycles. The van der Waals surface area contributed by atoms with Crippen molar-refractivity contribution in [2.45, 2.75) is 19.8 Å². The molecule has 0 saturated heterocycles. The molecule has 2 aromatic rings. The van der Waals surface area contributed by atoms with Crippen LogP contribution in [0.2, 0.25) is 0 Å². The van der Waals surface area contributed by atoms with Gasteiger partial charge in [-0.15, -0.1) is 0 Å². The lowest BCUT2D eigenvalue weighted by atomic mass is 10.1. The summed E-state index contributed by atoms with van der Waals surface area (Å²) in [6.07, 6.45) is 1.67. The summed E-state index contributed by atoms with van der Waals surface area (Å²) in [7, 11) is 1.69. The fraction of sp³-hybridized carbons (Fsp3) is 0.308. The molecule has 4 heteroatoms. The molecule has 17 heavy (non-hydrogen) atoms. The van der Waals surface area contributed by atoms with Crippen LogP contribution in [0.5, 0.6) is 0 Å². The van der Waals surface area contributed by atoms with Crippen molar-refractivity contribution in [3.8, 4) is 0 Å². The Morgan fingerprint density at radius 1 is 1.24 bits per heavy atom. The normalized spacial score (nSPS) is 10.8. The van der Waals surface area contributed by atoms with Crippen molar-refractivity contribution < 1.29 is 8.78 Å². The van der Waals surface area contributed by atoms with Gasteiger partial charge in [0.2, 0.25) is 0 Å². The molecule has 0 spiro atoms. The molecule has 0 atom stereocenters. The van der Waals surface area contributed by atoms with E-state index in [1.807, 2.05) is 6.92 Å². The third-order valence-corrected chi connectivity index (χ3v) is 2.69. The van der Waals surface area contributed by atoms with E-state index in [0.717, 1.165) is 30.7 Å². The zero-order chi connectivity index (χ0) is 12.4. The minimum Gasteiger partial charge on any atom is -0.387 e. The number of rotatable bonds is 3. The fourth-order valence-corrected chi connectivity index (χ4v) is 1.90. The zero-order valence-corrected chi connectivity index (χ0v) is 9.85. The van der Waals surface area contributed by atoms with Crippen LogP contribution in [0.1, 0.15) is 19.0 Å². The molecule has 0 unspecified atom stereocenters. The van der Waals surface area contributed by atoms with E-state index in [1.54, 1.807) is 13.1 Å². The quantitative estimate of drug-likeness (QED) is 0.882. The molecule has 0 bridgehead atoms. The molecule has 1 N–H and O–H groups in total. The summed E-state index contributed by atoms with van der Waals surface area (Å²) >= 11 is 0. The van der Waals surface area contributed by atoms with Gasteiger partial charge in [0.15, 0.2) is 0 Å². The molecule has 0 radical (unpaired) electrons. The van der Waals surface area contributed by atoms with Gasteiger partial charge in [-0.25, -0.2) is 13.8 Å². The highest BCUT2D eigenvalue weighted by Gasteiger charge is 2.12. The molecule has 0 fully saturated rings.